The monoisotopic (exact) mass is 229 g/mol. The summed E-state index contributed by atoms with van der Waals surface area (Å²) in [6, 6.07) is 3.83. The Labute approximate surface area is 99.9 Å². The van der Waals surface area contributed by atoms with Crippen molar-refractivity contribution in [2.24, 2.45) is 0 Å². The van der Waals surface area contributed by atoms with Crippen LogP contribution in [-0.4, -0.2) is 14.8 Å². The maximum Gasteiger partial charge on any atom is 0.276 e. The number of aromatic nitrogens is 3. The van der Waals surface area contributed by atoms with Gasteiger partial charge in [0.1, 0.15) is 0 Å². The minimum absolute atomic E-state index is 0.109. The van der Waals surface area contributed by atoms with E-state index in [0.717, 1.165) is 16.8 Å². The van der Waals surface area contributed by atoms with Gasteiger partial charge in [-0.2, -0.15) is 9.78 Å². The van der Waals surface area contributed by atoms with Gasteiger partial charge in [0.25, 0.3) is 5.56 Å². The van der Waals surface area contributed by atoms with Crippen molar-refractivity contribution in [2.75, 3.05) is 0 Å². The molecule has 0 atom stereocenters. The number of hydrogen-bond donors (Lipinski definition) is 0. The van der Waals surface area contributed by atoms with E-state index >= 15 is 0 Å². The fourth-order valence-electron chi connectivity index (χ4n) is 1.71. The average molecular weight is 229 g/mol. The molecule has 0 amide bonds. The van der Waals surface area contributed by atoms with Crippen molar-refractivity contribution in [1.82, 2.24) is 14.8 Å². The second kappa shape index (κ2) is 4.13. The summed E-state index contributed by atoms with van der Waals surface area (Å²) in [4.78, 5) is 16.4. The molecule has 4 heteroatoms. The first-order valence-corrected chi connectivity index (χ1v) is 5.50. The quantitative estimate of drug-likeness (QED) is 0.750. The molecule has 2 aromatic heterocycles. The van der Waals surface area contributed by atoms with E-state index in [9.17, 15) is 4.79 Å². The van der Waals surface area contributed by atoms with E-state index in [0.29, 0.717) is 11.4 Å². The van der Waals surface area contributed by atoms with Gasteiger partial charge in [-0.3, -0.25) is 4.79 Å². The summed E-state index contributed by atoms with van der Waals surface area (Å²) in [7, 11) is 0. The number of pyridine rings is 1. The fraction of sp³-hybridized carbons (Fsp3) is 0.308. The molecule has 4 nitrogen and oxygen atoms in total. The summed E-state index contributed by atoms with van der Waals surface area (Å²) in [6.07, 6.45) is 1.69. The van der Waals surface area contributed by atoms with Crippen LogP contribution in [0, 0.1) is 27.7 Å². The molecule has 0 saturated carbocycles. The van der Waals surface area contributed by atoms with Crippen LogP contribution in [0.2, 0.25) is 0 Å². The second-order valence-corrected chi connectivity index (χ2v) is 4.31. The zero-order chi connectivity index (χ0) is 12.6. The first kappa shape index (κ1) is 11.5. The zero-order valence-corrected chi connectivity index (χ0v) is 10.5. The molecule has 0 fully saturated rings. The molecule has 0 spiro atoms. The highest BCUT2D eigenvalue weighted by Crippen LogP contribution is 2.07. The Morgan fingerprint density at radius 1 is 1.12 bits per heavy atom. The predicted molar refractivity (Wildman–Crippen MR) is 66.6 cm³/mol. The van der Waals surface area contributed by atoms with Gasteiger partial charge in [-0.05, 0) is 51.0 Å². The van der Waals surface area contributed by atoms with Gasteiger partial charge in [-0.1, -0.05) is 0 Å². The molecule has 17 heavy (non-hydrogen) atoms. The Morgan fingerprint density at radius 3 is 2.47 bits per heavy atom. The van der Waals surface area contributed by atoms with Gasteiger partial charge in [-0.25, -0.2) is 4.98 Å². The molecule has 88 valence electrons. The van der Waals surface area contributed by atoms with Crippen LogP contribution in [0.5, 0.6) is 0 Å². The van der Waals surface area contributed by atoms with Crippen molar-refractivity contribution in [3.05, 3.63) is 51.1 Å². The summed E-state index contributed by atoms with van der Waals surface area (Å²) in [5.74, 6) is 0.579. The Kier molecular flexibility index (Phi) is 2.79. The highest BCUT2D eigenvalue weighted by Gasteiger charge is 2.07. The van der Waals surface area contributed by atoms with Gasteiger partial charge in [0.05, 0.1) is 6.20 Å². The van der Waals surface area contributed by atoms with Gasteiger partial charge >= 0.3 is 0 Å². The molecular weight excluding hydrogens is 214 g/mol. The van der Waals surface area contributed by atoms with Crippen LogP contribution in [0.3, 0.4) is 0 Å². The van der Waals surface area contributed by atoms with E-state index < -0.39 is 0 Å². The fourth-order valence-corrected chi connectivity index (χ4v) is 1.71. The third-order valence-corrected chi connectivity index (χ3v) is 2.77. The normalized spacial score (nSPS) is 10.6. The van der Waals surface area contributed by atoms with Gasteiger partial charge in [0, 0.05) is 11.3 Å². The van der Waals surface area contributed by atoms with E-state index in [-0.39, 0.29) is 5.56 Å². The van der Waals surface area contributed by atoms with Crippen LogP contribution in [0.1, 0.15) is 22.4 Å². The van der Waals surface area contributed by atoms with E-state index in [4.69, 9.17) is 0 Å². The lowest BCUT2D eigenvalue weighted by Gasteiger charge is -2.07. The lowest BCUT2D eigenvalue weighted by atomic mass is 10.2. The van der Waals surface area contributed by atoms with Crippen molar-refractivity contribution in [1.29, 1.82) is 0 Å². The van der Waals surface area contributed by atoms with Crippen LogP contribution in [0.25, 0.3) is 5.82 Å². The van der Waals surface area contributed by atoms with Crippen molar-refractivity contribution < 1.29 is 0 Å². The number of aryl methyl sites for hydroxylation is 3. The highest BCUT2D eigenvalue weighted by atomic mass is 16.1. The summed E-state index contributed by atoms with van der Waals surface area (Å²) in [6.45, 7) is 7.56. The van der Waals surface area contributed by atoms with Crippen LogP contribution in [0.4, 0.5) is 0 Å². The first-order valence-electron chi connectivity index (χ1n) is 5.50. The minimum atomic E-state index is -0.109. The molecule has 0 aromatic carbocycles. The van der Waals surface area contributed by atoms with Crippen molar-refractivity contribution in [3.8, 4) is 5.82 Å². The molecule has 0 N–H and O–H groups in total. The first-order chi connectivity index (χ1) is 7.99. The SMILES string of the molecule is Cc1cc(C)nc(-n2ncc(C)c(C)c2=O)c1. The molecule has 0 aliphatic carbocycles. The lowest BCUT2D eigenvalue weighted by molar-refractivity contribution is 0.761. The smallest absolute Gasteiger partial charge is 0.267 e. The molecule has 0 aliphatic rings. The van der Waals surface area contributed by atoms with Crippen LogP contribution in [0.15, 0.2) is 23.1 Å². The van der Waals surface area contributed by atoms with Crippen LogP contribution >= 0.6 is 0 Å². The highest BCUT2D eigenvalue weighted by molar-refractivity contribution is 5.30. The lowest BCUT2D eigenvalue weighted by Crippen LogP contribution is -2.25. The van der Waals surface area contributed by atoms with Gasteiger partial charge in [0.15, 0.2) is 5.82 Å². The summed E-state index contributed by atoms with van der Waals surface area (Å²) < 4.78 is 1.35. The predicted octanol–water partition coefficient (Wildman–Crippen LogP) is 1.86. The Balaban J connectivity index is 2.69. The third-order valence-electron chi connectivity index (χ3n) is 2.77. The van der Waals surface area contributed by atoms with E-state index in [1.54, 1.807) is 13.1 Å². The van der Waals surface area contributed by atoms with E-state index in [2.05, 4.69) is 10.1 Å². The number of rotatable bonds is 1. The van der Waals surface area contributed by atoms with Gasteiger partial charge in [-0.15, -0.1) is 0 Å². The zero-order valence-electron chi connectivity index (χ0n) is 10.5. The summed E-state index contributed by atoms with van der Waals surface area (Å²) >= 11 is 0. The van der Waals surface area contributed by atoms with Crippen LogP contribution in [-0.2, 0) is 0 Å². The maximum atomic E-state index is 12.1. The molecule has 0 radical (unpaired) electrons. The third kappa shape index (κ3) is 2.11. The standard InChI is InChI=1S/C13H15N3O/c1-8-5-10(3)15-12(6-8)16-13(17)11(4)9(2)7-14-16/h5-7H,1-4H3. The maximum absolute atomic E-state index is 12.1. The van der Waals surface area contributed by atoms with Crippen molar-refractivity contribution in [2.45, 2.75) is 27.7 Å². The van der Waals surface area contributed by atoms with Gasteiger partial charge in [0.2, 0.25) is 0 Å². The second-order valence-electron chi connectivity index (χ2n) is 4.31. The topological polar surface area (TPSA) is 47.8 Å². The Hall–Kier alpha value is -1.97. The van der Waals surface area contributed by atoms with E-state index in [1.165, 1.54) is 4.68 Å². The Bertz CT molecular complexity index is 609. The molecule has 2 aromatic rings. The molecule has 0 saturated heterocycles. The average Bonchev–Trinajstić information content (AvgIpc) is 2.24. The number of hydrogen-bond acceptors (Lipinski definition) is 3. The van der Waals surface area contributed by atoms with Crippen molar-refractivity contribution in [3.63, 3.8) is 0 Å². The molecule has 0 unspecified atom stereocenters. The van der Waals surface area contributed by atoms with Crippen LogP contribution < -0.4 is 5.56 Å². The van der Waals surface area contributed by atoms with Gasteiger partial charge < -0.3 is 0 Å². The minimum Gasteiger partial charge on any atom is -0.267 e. The van der Waals surface area contributed by atoms with Crippen molar-refractivity contribution >= 4 is 0 Å². The molecule has 2 heterocycles. The molecule has 0 aliphatic heterocycles. The summed E-state index contributed by atoms with van der Waals surface area (Å²) in [5, 5.41) is 4.13. The molecule has 0 bridgehead atoms. The molecule has 2 rings (SSSR count). The summed E-state index contributed by atoms with van der Waals surface area (Å²) in [5.41, 5.74) is 3.45. The number of nitrogens with zero attached hydrogens (tertiary/aromatic N) is 3. The van der Waals surface area contributed by atoms with E-state index in [1.807, 2.05) is 32.9 Å². The largest absolute Gasteiger partial charge is 0.276 e. The Morgan fingerprint density at radius 2 is 1.82 bits per heavy atom. The molecular formula is C13H15N3O.